The highest BCUT2D eigenvalue weighted by molar-refractivity contribution is 6.14. The molecule has 1 heterocycles. The molecule has 0 bridgehead atoms. The quantitative estimate of drug-likeness (QED) is 0.613. The molecule has 0 atom stereocenters. The Bertz CT molecular complexity index is 555. The van der Waals surface area contributed by atoms with Gasteiger partial charge in [0.1, 0.15) is 6.26 Å². The van der Waals surface area contributed by atoms with Gasteiger partial charge in [-0.05, 0) is 19.1 Å². The summed E-state index contributed by atoms with van der Waals surface area (Å²) >= 11 is 0. The lowest BCUT2D eigenvalue weighted by molar-refractivity contribution is 0.0523. The van der Waals surface area contributed by atoms with Crippen molar-refractivity contribution in [2.75, 3.05) is 6.61 Å². The van der Waals surface area contributed by atoms with Crippen LogP contribution in [0.4, 0.5) is 0 Å². The number of furan rings is 1. The van der Waals surface area contributed by atoms with Gasteiger partial charge in [-0.1, -0.05) is 18.2 Å². The van der Waals surface area contributed by atoms with Gasteiger partial charge in [-0.15, -0.1) is 0 Å². The molecule has 0 aliphatic carbocycles. The summed E-state index contributed by atoms with van der Waals surface area (Å²) < 4.78 is 9.79. The molecule has 1 aromatic heterocycles. The predicted molar refractivity (Wildman–Crippen MR) is 64.5 cm³/mol. The molecule has 92 valence electrons. The van der Waals surface area contributed by atoms with Crippen LogP contribution in [-0.4, -0.2) is 18.4 Å². The fourth-order valence-corrected chi connectivity index (χ4v) is 1.62. The van der Waals surface area contributed by atoms with Crippen molar-refractivity contribution in [3.63, 3.8) is 0 Å². The van der Waals surface area contributed by atoms with Crippen molar-refractivity contribution in [2.45, 2.75) is 6.92 Å². The second-order valence-corrected chi connectivity index (χ2v) is 3.61. The van der Waals surface area contributed by atoms with Gasteiger partial charge in [-0.2, -0.15) is 0 Å². The summed E-state index contributed by atoms with van der Waals surface area (Å²) in [5.74, 6) is -0.752. The molecule has 0 saturated heterocycles. The van der Waals surface area contributed by atoms with Gasteiger partial charge in [0.05, 0.1) is 24.0 Å². The minimum absolute atomic E-state index is 0.257. The van der Waals surface area contributed by atoms with Gasteiger partial charge in [0.2, 0.25) is 0 Å². The van der Waals surface area contributed by atoms with Gasteiger partial charge >= 0.3 is 5.97 Å². The van der Waals surface area contributed by atoms with Gasteiger partial charge in [0.25, 0.3) is 0 Å². The van der Waals surface area contributed by atoms with Crippen molar-refractivity contribution in [1.82, 2.24) is 0 Å². The number of rotatable bonds is 4. The Morgan fingerprint density at radius 1 is 1.17 bits per heavy atom. The Balaban J connectivity index is 2.39. The Labute approximate surface area is 104 Å². The van der Waals surface area contributed by atoms with Crippen LogP contribution in [0.5, 0.6) is 0 Å². The molecule has 0 saturated carbocycles. The van der Waals surface area contributed by atoms with E-state index in [0.717, 1.165) is 0 Å². The highest BCUT2D eigenvalue weighted by atomic mass is 16.5. The number of hydrogen-bond donors (Lipinski definition) is 0. The van der Waals surface area contributed by atoms with Crippen molar-refractivity contribution in [1.29, 1.82) is 0 Å². The first-order valence-electron chi connectivity index (χ1n) is 5.57. The summed E-state index contributed by atoms with van der Waals surface area (Å²) in [6.07, 6.45) is 2.77. The Hall–Kier alpha value is -2.36. The topological polar surface area (TPSA) is 56.5 Å². The summed E-state index contributed by atoms with van der Waals surface area (Å²) in [6.45, 7) is 1.99. The molecule has 0 spiro atoms. The number of hydrogen-bond acceptors (Lipinski definition) is 4. The van der Waals surface area contributed by atoms with Crippen LogP contribution in [0.1, 0.15) is 33.2 Å². The average Bonchev–Trinajstić information content (AvgIpc) is 2.92. The molecule has 18 heavy (non-hydrogen) atoms. The fourth-order valence-electron chi connectivity index (χ4n) is 1.62. The fraction of sp³-hybridized carbons (Fsp3) is 0.143. The predicted octanol–water partition coefficient (Wildman–Crippen LogP) is 2.69. The van der Waals surface area contributed by atoms with Crippen molar-refractivity contribution < 1.29 is 18.7 Å². The lowest BCUT2D eigenvalue weighted by Gasteiger charge is -2.06. The van der Waals surface area contributed by atoms with Crippen LogP contribution < -0.4 is 0 Å². The Kier molecular flexibility index (Phi) is 3.57. The smallest absolute Gasteiger partial charge is 0.338 e. The molecular weight excluding hydrogens is 232 g/mol. The summed E-state index contributed by atoms with van der Waals surface area (Å²) in [4.78, 5) is 23.9. The van der Waals surface area contributed by atoms with E-state index in [4.69, 9.17) is 9.15 Å². The molecule has 0 unspecified atom stereocenters. The largest absolute Gasteiger partial charge is 0.472 e. The van der Waals surface area contributed by atoms with E-state index in [1.807, 2.05) is 0 Å². The standard InChI is InChI=1S/C14H12O4/c1-2-18-14(16)12-6-4-3-5-11(12)13(15)10-7-8-17-9-10/h3-9H,2H2,1H3. The van der Waals surface area contributed by atoms with Gasteiger partial charge in [0.15, 0.2) is 5.78 Å². The summed E-state index contributed by atoms with van der Waals surface area (Å²) in [7, 11) is 0. The molecule has 0 radical (unpaired) electrons. The number of carbonyl (C=O) groups is 2. The third-order valence-electron chi connectivity index (χ3n) is 2.45. The normalized spacial score (nSPS) is 10.1. The van der Waals surface area contributed by atoms with Crippen LogP contribution in [-0.2, 0) is 4.74 Å². The highest BCUT2D eigenvalue weighted by Crippen LogP contribution is 2.16. The number of carbonyl (C=O) groups excluding carboxylic acids is 2. The highest BCUT2D eigenvalue weighted by Gasteiger charge is 2.19. The molecule has 4 nitrogen and oxygen atoms in total. The molecule has 0 fully saturated rings. The summed E-state index contributed by atoms with van der Waals surface area (Å²) in [5, 5.41) is 0. The van der Waals surface area contributed by atoms with Crippen LogP contribution in [0.2, 0.25) is 0 Å². The van der Waals surface area contributed by atoms with E-state index in [1.54, 1.807) is 37.3 Å². The van der Waals surface area contributed by atoms with E-state index in [-0.39, 0.29) is 18.0 Å². The second kappa shape index (κ2) is 5.31. The lowest BCUT2D eigenvalue weighted by atomic mass is 10.0. The van der Waals surface area contributed by atoms with Crippen LogP contribution in [0, 0.1) is 0 Å². The average molecular weight is 244 g/mol. The first kappa shape index (κ1) is 12.1. The zero-order valence-corrected chi connectivity index (χ0v) is 9.88. The molecule has 2 aromatic rings. The van der Waals surface area contributed by atoms with Gasteiger partial charge in [-0.3, -0.25) is 4.79 Å². The van der Waals surface area contributed by atoms with Gasteiger partial charge in [0, 0.05) is 5.56 Å². The van der Waals surface area contributed by atoms with Crippen molar-refractivity contribution >= 4 is 11.8 Å². The molecule has 0 aliphatic heterocycles. The number of esters is 1. The molecule has 1 aromatic carbocycles. The first-order valence-corrected chi connectivity index (χ1v) is 5.57. The molecule has 0 N–H and O–H groups in total. The van der Waals surface area contributed by atoms with E-state index in [1.165, 1.54) is 12.5 Å². The van der Waals surface area contributed by atoms with E-state index in [9.17, 15) is 9.59 Å². The molecule has 0 amide bonds. The number of benzene rings is 1. The maximum absolute atomic E-state index is 12.2. The van der Waals surface area contributed by atoms with E-state index in [0.29, 0.717) is 11.1 Å². The summed E-state index contributed by atoms with van der Waals surface area (Å²) in [5.41, 5.74) is 0.995. The minimum Gasteiger partial charge on any atom is -0.472 e. The first-order chi connectivity index (χ1) is 8.74. The number of ether oxygens (including phenoxy) is 1. The zero-order chi connectivity index (χ0) is 13.0. The second-order valence-electron chi connectivity index (χ2n) is 3.61. The lowest BCUT2D eigenvalue weighted by Crippen LogP contribution is -2.12. The van der Waals surface area contributed by atoms with Crippen LogP contribution in [0.3, 0.4) is 0 Å². The van der Waals surface area contributed by atoms with Crippen LogP contribution >= 0.6 is 0 Å². The maximum atomic E-state index is 12.2. The van der Waals surface area contributed by atoms with Crippen LogP contribution in [0.15, 0.2) is 47.3 Å². The van der Waals surface area contributed by atoms with E-state index in [2.05, 4.69) is 0 Å². The van der Waals surface area contributed by atoms with E-state index < -0.39 is 5.97 Å². The monoisotopic (exact) mass is 244 g/mol. The van der Waals surface area contributed by atoms with E-state index >= 15 is 0 Å². The van der Waals surface area contributed by atoms with Crippen molar-refractivity contribution in [3.05, 3.63) is 59.5 Å². The third kappa shape index (κ3) is 2.32. The number of ketones is 1. The van der Waals surface area contributed by atoms with Gasteiger partial charge < -0.3 is 9.15 Å². The Morgan fingerprint density at radius 3 is 2.50 bits per heavy atom. The minimum atomic E-state index is -0.495. The maximum Gasteiger partial charge on any atom is 0.338 e. The van der Waals surface area contributed by atoms with Crippen LogP contribution in [0.25, 0.3) is 0 Å². The molecular formula is C14H12O4. The Morgan fingerprint density at radius 2 is 1.89 bits per heavy atom. The molecule has 0 aliphatic rings. The van der Waals surface area contributed by atoms with Crippen molar-refractivity contribution in [2.24, 2.45) is 0 Å². The third-order valence-corrected chi connectivity index (χ3v) is 2.45. The van der Waals surface area contributed by atoms with Gasteiger partial charge in [-0.25, -0.2) is 4.79 Å². The van der Waals surface area contributed by atoms with Crippen molar-refractivity contribution in [3.8, 4) is 0 Å². The summed E-state index contributed by atoms with van der Waals surface area (Å²) in [6, 6.07) is 8.13. The molecule has 4 heteroatoms. The SMILES string of the molecule is CCOC(=O)c1ccccc1C(=O)c1ccoc1. The zero-order valence-electron chi connectivity index (χ0n) is 9.88. The molecule has 2 rings (SSSR count).